The number of nitrogens with zero attached hydrogens (tertiary/aromatic N) is 2. The van der Waals surface area contributed by atoms with E-state index in [9.17, 15) is 9.59 Å². The number of carbonyl (C=O) groups is 2. The highest BCUT2D eigenvalue weighted by Crippen LogP contribution is 2.28. The molecule has 10 heteroatoms. The van der Waals surface area contributed by atoms with E-state index < -0.39 is 0 Å². The SMILES string of the molecule is CCOCCCN(CC(=O)N(CCc1ccc(OC)c(OC)c1)Cc1cccs1)C(=O)Nc1cccc(Cl)c1. The molecule has 3 rings (SSSR count). The maximum absolute atomic E-state index is 13.6. The number of rotatable bonds is 15. The van der Waals surface area contributed by atoms with Crippen molar-refractivity contribution in [3.63, 3.8) is 0 Å². The van der Waals surface area contributed by atoms with Crippen LogP contribution in [-0.4, -0.2) is 68.8 Å². The van der Waals surface area contributed by atoms with Crippen LogP contribution in [0.3, 0.4) is 0 Å². The molecule has 3 amide bonds. The van der Waals surface area contributed by atoms with Gasteiger partial charge in [0.2, 0.25) is 5.91 Å². The number of amides is 3. The minimum absolute atomic E-state index is 0.0597. The molecule has 0 aliphatic heterocycles. The lowest BCUT2D eigenvalue weighted by Gasteiger charge is -2.28. The molecule has 0 radical (unpaired) electrons. The van der Waals surface area contributed by atoms with E-state index in [1.807, 2.05) is 42.6 Å². The molecular weight excluding hydrogens is 538 g/mol. The third-order valence-corrected chi connectivity index (χ3v) is 7.10. The Bertz CT molecular complexity index is 1190. The summed E-state index contributed by atoms with van der Waals surface area (Å²) in [5.41, 5.74) is 1.59. The second-order valence-corrected chi connectivity index (χ2v) is 10.2. The average Bonchev–Trinajstić information content (AvgIpc) is 3.45. The number of benzene rings is 2. The first-order chi connectivity index (χ1) is 18.9. The molecule has 1 aromatic heterocycles. The molecule has 0 spiro atoms. The fraction of sp³-hybridized carbons (Fsp3) is 0.379. The van der Waals surface area contributed by atoms with Gasteiger partial charge in [-0.25, -0.2) is 4.79 Å². The third-order valence-electron chi connectivity index (χ3n) is 6.01. The van der Waals surface area contributed by atoms with Crippen molar-refractivity contribution in [2.45, 2.75) is 26.3 Å². The predicted molar refractivity (Wildman–Crippen MR) is 156 cm³/mol. The fourth-order valence-corrected chi connectivity index (χ4v) is 4.88. The minimum atomic E-state index is -0.363. The van der Waals surface area contributed by atoms with E-state index in [1.54, 1.807) is 54.7 Å². The van der Waals surface area contributed by atoms with Crippen molar-refractivity contribution in [2.24, 2.45) is 0 Å². The molecule has 0 bridgehead atoms. The molecule has 39 heavy (non-hydrogen) atoms. The lowest BCUT2D eigenvalue weighted by molar-refractivity contribution is -0.132. The maximum atomic E-state index is 13.6. The number of methoxy groups -OCH3 is 2. The van der Waals surface area contributed by atoms with E-state index in [0.717, 1.165) is 10.4 Å². The summed E-state index contributed by atoms with van der Waals surface area (Å²) < 4.78 is 16.2. The number of hydrogen-bond acceptors (Lipinski definition) is 6. The Morgan fingerprint density at radius 1 is 0.974 bits per heavy atom. The molecule has 0 fully saturated rings. The van der Waals surface area contributed by atoms with Crippen molar-refractivity contribution in [1.82, 2.24) is 9.80 Å². The average molecular weight is 574 g/mol. The summed E-state index contributed by atoms with van der Waals surface area (Å²) in [5.74, 6) is 1.16. The molecule has 8 nitrogen and oxygen atoms in total. The van der Waals surface area contributed by atoms with Gasteiger partial charge in [-0.3, -0.25) is 4.79 Å². The van der Waals surface area contributed by atoms with Crippen LogP contribution in [0.4, 0.5) is 10.5 Å². The van der Waals surface area contributed by atoms with E-state index in [1.165, 1.54) is 4.90 Å². The molecule has 2 aromatic carbocycles. The van der Waals surface area contributed by atoms with Gasteiger partial charge in [0.05, 0.1) is 20.8 Å². The van der Waals surface area contributed by atoms with E-state index in [4.69, 9.17) is 25.8 Å². The highest BCUT2D eigenvalue weighted by atomic mass is 35.5. The van der Waals surface area contributed by atoms with Gasteiger partial charge in [-0.2, -0.15) is 0 Å². The lowest BCUT2D eigenvalue weighted by atomic mass is 10.1. The second kappa shape index (κ2) is 16.0. The summed E-state index contributed by atoms with van der Waals surface area (Å²) >= 11 is 7.68. The Morgan fingerprint density at radius 3 is 2.49 bits per heavy atom. The second-order valence-electron chi connectivity index (χ2n) is 8.75. The monoisotopic (exact) mass is 573 g/mol. The first-order valence-electron chi connectivity index (χ1n) is 12.8. The van der Waals surface area contributed by atoms with Gasteiger partial charge < -0.3 is 29.3 Å². The van der Waals surface area contributed by atoms with Gasteiger partial charge in [0.25, 0.3) is 0 Å². The van der Waals surface area contributed by atoms with E-state index in [2.05, 4.69) is 5.32 Å². The molecular formula is C29H36ClN3O5S. The van der Waals surface area contributed by atoms with Crippen molar-refractivity contribution in [1.29, 1.82) is 0 Å². The van der Waals surface area contributed by atoms with Crippen LogP contribution >= 0.6 is 22.9 Å². The molecule has 0 saturated carbocycles. The Kier molecular flexibility index (Phi) is 12.4. The Hall–Kier alpha value is -3.27. The molecule has 1 N–H and O–H groups in total. The molecule has 0 unspecified atom stereocenters. The van der Waals surface area contributed by atoms with Gasteiger partial charge in [0, 0.05) is 41.9 Å². The molecule has 0 saturated heterocycles. The summed E-state index contributed by atoms with van der Waals surface area (Å²) in [6.07, 6.45) is 1.23. The topological polar surface area (TPSA) is 80.3 Å². The minimum Gasteiger partial charge on any atom is -0.493 e. The van der Waals surface area contributed by atoms with Gasteiger partial charge in [-0.15, -0.1) is 11.3 Å². The highest BCUT2D eigenvalue weighted by molar-refractivity contribution is 7.09. The van der Waals surface area contributed by atoms with Crippen molar-refractivity contribution < 1.29 is 23.8 Å². The van der Waals surface area contributed by atoms with Crippen molar-refractivity contribution in [2.75, 3.05) is 52.4 Å². The van der Waals surface area contributed by atoms with Gasteiger partial charge in [-0.1, -0.05) is 29.8 Å². The molecule has 1 heterocycles. The number of nitrogens with one attached hydrogen (secondary N) is 1. The van der Waals surface area contributed by atoms with Crippen LogP contribution in [0.5, 0.6) is 11.5 Å². The summed E-state index contributed by atoms with van der Waals surface area (Å²) in [6, 6.07) is 16.3. The largest absolute Gasteiger partial charge is 0.493 e. The lowest BCUT2D eigenvalue weighted by Crippen LogP contribution is -2.45. The van der Waals surface area contributed by atoms with E-state index in [-0.39, 0.29) is 18.5 Å². The zero-order chi connectivity index (χ0) is 28.0. The van der Waals surface area contributed by atoms with Crippen LogP contribution in [-0.2, 0) is 22.5 Å². The van der Waals surface area contributed by atoms with Gasteiger partial charge in [0.1, 0.15) is 6.54 Å². The predicted octanol–water partition coefficient (Wildman–Crippen LogP) is 5.95. The third kappa shape index (κ3) is 9.76. The van der Waals surface area contributed by atoms with Crippen molar-refractivity contribution >= 4 is 40.6 Å². The maximum Gasteiger partial charge on any atom is 0.322 e. The number of thiophene rings is 1. The molecule has 0 aliphatic carbocycles. The van der Waals surface area contributed by atoms with E-state index >= 15 is 0 Å². The van der Waals surface area contributed by atoms with Crippen LogP contribution in [0.1, 0.15) is 23.8 Å². The number of halogens is 1. The Labute approximate surface area is 239 Å². The summed E-state index contributed by atoms with van der Waals surface area (Å²) in [5, 5.41) is 5.37. The van der Waals surface area contributed by atoms with Crippen molar-refractivity contribution in [3.8, 4) is 11.5 Å². The standard InChI is InChI=1S/C29H36ClN3O5S/c1-4-38-16-7-14-33(29(35)31-24-9-5-8-23(30)19-24)21-28(34)32(20-25-10-6-17-39-25)15-13-22-11-12-26(36-2)27(18-22)37-3/h5-6,8-12,17-19H,4,7,13-16,20-21H2,1-3H3,(H,31,35). The molecule has 3 aromatic rings. The normalized spacial score (nSPS) is 10.7. The first kappa shape index (κ1) is 30.3. The summed E-state index contributed by atoms with van der Waals surface area (Å²) in [4.78, 5) is 31.2. The van der Waals surface area contributed by atoms with Gasteiger partial charge in [0.15, 0.2) is 11.5 Å². The smallest absolute Gasteiger partial charge is 0.322 e. The number of ether oxygens (including phenoxy) is 3. The zero-order valence-corrected chi connectivity index (χ0v) is 24.2. The van der Waals surface area contributed by atoms with E-state index in [0.29, 0.717) is 67.9 Å². The van der Waals surface area contributed by atoms with Crippen LogP contribution in [0, 0.1) is 0 Å². The van der Waals surface area contributed by atoms with Gasteiger partial charge in [-0.05, 0) is 67.1 Å². The summed E-state index contributed by atoms with van der Waals surface area (Å²) in [7, 11) is 3.20. The Balaban J connectivity index is 1.74. The fourth-order valence-electron chi connectivity index (χ4n) is 3.97. The van der Waals surface area contributed by atoms with Gasteiger partial charge >= 0.3 is 6.03 Å². The highest BCUT2D eigenvalue weighted by Gasteiger charge is 2.22. The zero-order valence-electron chi connectivity index (χ0n) is 22.7. The Morgan fingerprint density at radius 2 is 1.79 bits per heavy atom. The molecule has 0 atom stereocenters. The molecule has 0 aliphatic rings. The van der Waals surface area contributed by atoms with Crippen molar-refractivity contribution in [3.05, 3.63) is 75.4 Å². The van der Waals surface area contributed by atoms with Crippen LogP contribution in [0.2, 0.25) is 5.02 Å². The first-order valence-corrected chi connectivity index (χ1v) is 14.1. The van der Waals surface area contributed by atoms with Crippen LogP contribution in [0.25, 0.3) is 0 Å². The number of urea groups is 1. The van der Waals surface area contributed by atoms with Crippen LogP contribution < -0.4 is 14.8 Å². The van der Waals surface area contributed by atoms with Crippen LogP contribution in [0.15, 0.2) is 60.0 Å². The number of carbonyl (C=O) groups excluding carboxylic acids is 2. The number of anilines is 1. The quantitative estimate of drug-likeness (QED) is 0.227. The number of hydrogen-bond donors (Lipinski definition) is 1. The molecule has 210 valence electrons. The summed E-state index contributed by atoms with van der Waals surface area (Å²) in [6.45, 7) is 4.29.